The van der Waals surface area contributed by atoms with Gasteiger partial charge < -0.3 is 4.84 Å². The molecule has 1 rings (SSSR count). The molecule has 0 radical (unpaired) electrons. The van der Waals surface area contributed by atoms with Gasteiger partial charge in [0.05, 0.1) is 6.54 Å². The fraction of sp³-hybridized carbons (Fsp3) is 0.333. The van der Waals surface area contributed by atoms with E-state index in [9.17, 15) is 0 Å². The summed E-state index contributed by atoms with van der Waals surface area (Å²) < 4.78 is 0. The topological polar surface area (TPSA) is 12.5 Å². The van der Waals surface area contributed by atoms with Crippen LogP contribution in [0, 0.1) is 0 Å². The van der Waals surface area contributed by atoms with Crippen LogP contribution in [-0.2, 0) is 4.84 Å². The highest BCUT2D eigenvalue weighted by Gasteiger charge is 2.18. The van der Waals surface area contributed by atoms with Crippen LogP contribution in [0.1, 0.15) is 6.92 Å². The molecule has 0 N–H and O–H groups in total. The van der Waals surface area contributed by atoms with Gasteiger partial charge in [-0.1, -0.05) is 18.7 Å². The molecule has 1 aliphatic rings. The summed E-state index contributed by atoms with van der Waals surface area (Å²) >= 11 is 0. The SMILES string of the molecule is C=C/C=C1/CN(C)O/C1=C/C. The zero-order valence-electron chi connectivity index (χ0n) is 7.00. The Bertz CT molecular complexity index is 216. The van der Waals surface area contributed by atoms with Gasteiger partial charge in [-0.25, -0.2) is 0 Å². The van der Waals surface area contributed by atoms with E-state index >= 15 is 0 Å². The number of allylic oxidation sites excluding steroid dienone is 3. The van der Waals surface area contributed by atoms with Gasteiger partial charge in [0.25, 0.3) is 0 Å². The zero-order chi connectivity index (χ0) is 8.27. The fourth-order valence-electron chi connectivity index (χ4n) is 1.09. The maximum atomic E-state index is 5.35. The third kappa shape index (κ3) is 1.71. The molecular weight excluding hydrogens is 138 g/mol. The van der Waals surface area contributed by atoms with Crippen LogP contribution in [0.15, 0.2) is 36.1 Å². The minimum atomic E-state index is 0.839. The average Bonchev–Trinajstić information content (AvgIpc) is 2.32. The van der Waals surface area contributed by atoms with Gasteiger partial charge in [0.2, 0.25) is 0 Å². The maximum absolute atomic E-state index is 5.35. The van der Waals surface area contributed by atoms with Crippen molar-refractivity contribution < 1.29 is 4.84 Å². The second-order valence-electron chi connectivity index (χ2n) is 2.46. The quantitative estimate of drug-likeness (QED) is 0.567. The first-order valence-electron chi connectivity index (χ1n) is 3.65. The van der Waals surface area contributed by atoms with Crippen LogP contribution in [0.5, 0.6) is 0 Å². The van der Waals surface area contributed by atoms with E-state index < -0.39 is 0 Å². The van der Waals surface area contributed by atoms with Crippen molar-refractivity contribution in [1.29, 1.82) is 0 Å². The molecule has 0 aliphatic carbocycles. The molecule has 1 fully saturated rings. The highest BCUT2D eigenvalue weighted by molar-refractivity contribution is 5.31. The highest BCUT2D eigenvalue weighted by Crippen LogP contribution is 2.21. The lowest BCUT2D eigenvalue weighted by atomic mass is 10.2. The number of hydrogen-bond acceptors (Lipinski definition) is 2. The predicted molar refractivity (Wildman–Crippen MR) is 45.8 cm³/mol. The molecule has 2 heteroatoms. The van der Waals surface area contributed by atoms with Crippen LogP contribution >= 0.6 is 0 Å². The van der Waals surface area contributed by atoms with Gasteiger partial charge in [-0.3, -0.25) is 0 Å². The van der Waals surface area contributed by atoms with Gasteiger partial charge >= 0.3 is 0 Å². The first-order chi connectivity index (χ1) is 5.27. The molecule has 0 saturated carbocycles. The first kappa shape index (κ1) is 8.08. The molecule has 0 aromatic heterocycles. The fourth-order valence-corrected chi connectivity index (χ4v) is 1.09. The van der Waals surface area contributed by atoms with E-state index in [0.29, 0.717) is 0 Å². The van der Waals surface area contributed by atoms with Gasteiger partial charge in [0.15, 0.2) is 0 Å². The van der Waals surface area contributed by atoms with Gasteiger partial charge in [-0.05, 0) is 13.0 Å². The molecule has 1 saturated heterocycles. The molecular formula is C9H13NO. The third-order valence-electron chi connectivity index (χ3n) is 1.54. The number of likely N-dealkylation sites (N-methyl/N-ethyl adjacent to an activating group) is 1. The summed E-state index contributed by atoms with van der Waals surface area (Å²) in [5, 5.41) is 1.80. The monoisotopic (exact) mass is 151 g/mol. The Morgan fingerprint density at radius 3 is 2.91 bits per heavy atom. The molecule has 0 aromatic rings. The summed E-state index contributed by atoms with van der Waals surface area (Å²) in [5.74, 6) is 0.937. The number of rotatable bonds is 1. The van der Waals surface area contributed by atoms with Crippen molar-refractivity contribution in [3.05, 3.63) is 36.1 Å². The lowest BCUT2D eigenvalue weighted by Crippen LogP contribution is -2.09. The lowest BCUT2D eigenvalue weighted by Gasteiger charge is -2.03. The van der Waals surface area contributed by atoms with Gasteiger partial charge in [0.1, 0.15) is 5.76 Å². The molecule has 60 valence electrons. The molecule has 0 bridgehead atoms. The van der Waals surface area contributed by atoms with Crippen LogP contribution < -0.4 is 0 Å². The van der Waals surface area contributed by atoms with E-state index in [4.69, 9.17) is 4.84 Å². The summed E-state index contributed by atoms with van der Waals surface area (Å²) in [4.78, 5) is 5.35. The normalized spacial score (nSPS) is 26.0. The standard InChI is InChI=1S/C9H13NO/c1-4-6-8-7-10(3)11-9(8)5-2/h4-6H,1,7H2,2-3H3/b8-6-,9-5+. The van der Waals surface area contributed by atoms with E-state index in [1.54, 1.807) is 11.1 Å². The van der Waals surface area contributed by atoms with Crippen molar-refractivity contribution in [2.24, 2.45) is 0 Å². The Hall–Kier alpha value is -1.02. The molecule has 0 spiro atoms. The Morgan fingerprint density at radius 1 is 1.64 bits per heavy atom. The Balaban J connectivity index is 2.81. The predicted octanol–water partition coefficient (Wildman–Crippen LogP) is 1.88. The molecule has 0 atom stereocenters. The largest absolute Gasteiger partial charge is 0.406 e. The molecule has 1 aliphatic heterocycles. The molecule has 0 unspecified atom stereocenters. The molecule has 0 aromatic carbocycles. The third-order valence-corrected chi connectivity index (χ3v) is 1.54. The van der Waals surface area contributed by atoms with Crippen molar-refractivity contribution in [2.45, 2.75) is 6.92 Å². The van der Waals surface area contributed by atoms with Crippen LogP contribution in [0.25, 0.3) is 0 Å². The second kappa shape index (κ2) is 3.39. The lowest BCUT2D eigenvalue weighted by molar-refractivity contribution is -0.0539. The molecule has 1 heterocycles. The highest BCUT2D eigenvalue weighted by atomic mass is 16.7. The van der Waals surface area contributed by atoms with Crippen LogP contribution in [0.4, 0.5) is 0 Å². The molecule has 11 heavy (non-hydrogen) atoms. The first-order valence-corrected chi connectivity index (χ1v) is 3.65. The van der Waals surface area contributed by atoms with Gasteiger partial charge in [-0.2, -0.15) is 0 Å². The average molecular weight is 151 g/mol. The summed E-state index contributed by atoms with van der Waals surface area (Å²) in [6, 6.07) is 0. The van der Waals surface area contributed by atoms with Crippen LogP contribution in [0.3, 0.4) is 0 Å². The minimum absolute atomic E-state index is 0.839. The Labute approximate surface area is 67.4 Å². The van der Waals surface area contributed by atoms with E-state index in [2.05, 4.69) is 6.58 Å². The smallest absolute Gasteiger partial charge is 0.147 e. The van der Waals surface area contributed by atoms with E-state index in [1.807, 2.05) is 26.1 Å². The second-order valence-corrected chi connectivity index (χ2v) is 2.46. The summed E-state index contributed by atoms with van der Waals surface area (Å²) in [7, 11) is 1.91. The Morgan fingerprint density at radius 2 is 2.36 bits per heavy atom. The van der Waals surface area contributed by atoms with Crippen LogP contribution in [0.2, 0.25) is 0 Å². The summed E-state index contributed by atoms with van der Waals surface area (Å²) in [6.07, 6.45) is 5.71. The van der Waals surface area contributed by atoms with Crippen molar-refractivity contribution in [3.63, 3.8) is 0 Å². The maximum Gasteiger partial charge on any atom is 0.147 e. The number of hydrogen-bond donors (Lipinski definition) is 0. The van der Waals surface area contributed by atoms with E-state index in [-0.39, 0.29) is 0 Å². The number of nitrogens with zero attached hydrogens (tertiary/aromatic N) is 1. The van der Waals surface area contributed by atoms with Gasteiger partial charge in [-0.15, -0.1) is 5.06 Å². The van der Waals surface area contributed by atoms with Gasteiger partial charge in [0, 0.05) is 12.6 Å². The summed E-state index contributed by atoms with van der Waals surface area (Å²) in [6.45, 7) is 6.44. The van der Waals surface area contributed by atoms with Crippen molar-refractivity contribution >= 4 is 0 Å². The van der Waals surface area contributed by atoms with Crippen molar-refractivity contribution in [2.75, 3.05) is 13.6 Å². The number of hydroxylamine groups is 2. The molecule has 2 nitrogen and oxygen atoms in total. The van der Waals surface area contributed by atoms with E-state index in [0.717, 1.165) is 12.3 Å². The van der Waals surface area contributed by atoms with Crippen molar-refractivity contribution in [1.82, 2.24) is 5.06 Å². The zero-order valence-corrected chi connectivity index (χ0v) is 7.00. The van der Waals surface area contributed by atoms with E-state index in [1.165, 1.54) is 5.57 Å². The Kier molecular flexibility index (Phi) is 2.49. The summed E-state index contributed by atoms with van der Waals surface area (Å²) in [5.41, 5.74) is 1.19. The van der Waals surface area contributed by atoms with Crippen molar-refractivity contribution in [3.8, 4) is 0 Å². The molecule has 0 amide bonds. The van der Waals surface area contributed by atoms with Crippen LogP contribution in [-0.4, -0.2) is 18.7 Å². The minimum Gasteiger partial charge on any atom is -0.406 e.